The number of rotatable bonds is 4. The van der Waals surface area contributed by atoms with Gasteiger partial charge in [-0.15, -0.1) is 0 Å². The van der Waals surface area contributed by atoms with E-state index in [1.165, 1.54) is 0 Å². The van der Waals surface area contributed by atoms with Crippen molar-refractivity contribution in [3.8, 4) is 0 Å². The van der Waals surface area contributed by atoms with Gasteiger partial charge >= 0.3 is 5.97 Å². The molecule has 2 atom stereocenters. The summed E-state index contributed by atoms with van der Waals surface area (Å²) in [6.07, 6.45) is 1.78. The molecular formula is C14H26N2O3. The van der Waals surface area contributed by atoms with Crippen molar-refractivity contribution in [1.82, 2.24) is 10.6 Å². The number of amides is 1. The molecule has 0 radical (unpaired) electrons. The van der Waals surface area contributed by atoms with Gasteiger partial charge in [0, 0.05) is 12.6 Å². The van der Waals surface area contributed by atoms with E-state index < -0.39 is 11.4 Å². The average molecular weight is 270 g/mol. The maximum Gasteiger partial charge on any atom is 0.305 e. The van der Waals surface area contributed by atoms with Crippen molar-refractivity contribution in [2.24, 2.45) is 10.8 Å². The molecule has 1 heterocycles. The van der Waals surface area contributed by atoms with Crippen molar-refractivity contribution >= 4 is 11.9 Å². The van der Waals surface area contributed by atoms with Crippen molar-refractivity contribution in [3.63, 3.8) is 0 Å². The van der Waals surface area contributed by atoms with Crippen molar-refractivity contribution in [2.75, 3.05) is 13.1 Å². The molecule has 1 fully saturated rings. The second kappa shape index (κ2) is 5.90. The molecule has 1 rings (SSSR count). The highest BCUT2D eigenvalue weighted by molar-refractivity contribution is 5.83. The smallest absolute Gasteiger partial charge is 0.305 e. The summed E-state index contributed by atoms with van der Waals surface area (Å²) in [6, 6.07) is -0.351. The Morgan fingerprint density at radius 1 is 1.42 bits per heavy atom. The standard InChI is InChI=1S/C14H26N2O3/c1-13(2,3)10(8-11(17)18)16-12(19)14(4)6-5-7-15-9-14/h10,15H,5-9H2,1-4H3,(H,16,19)(H,17,18). The molecule has 5 nitrogen and oxygen atoms in total. The lowest BCUT2D eigenvalue weighted by Crippen LogP contribution is -2.54. The first-order chi connectivity index (χ1) is 8.65. The summed E-state index contributed by atoms with van der Waals surface area (Å²) in [5.41, 5.74) is -0.702. The Morgan fingerprint density at radius 2 is 2.05 bits per heavy atom. The van der Waals surface area contributed by atoms with Crippen LogP contribution in [-0.2, 0) is 9.59 Å². The average Bonchev–Trinajstić information content (AvgIpc) is 2.27. The lowest BCUT2D eigenvalue weighted by molar-refractivity contribution is -0.139. The number of aliphatic carboxylic acids is 1. The minimum absolute atomic E-state index is 0.0409. The molecule has 0 aromatic heterocycles. The van der Waals surface area contributed by atoms with E-state index in [0.717, 1.165) is 19.4 Å². The van der Waals surface area contributed by atoms with Crippen LogP contribution in [0.1, 0.15) is 47.0 Å². The van der Waals surface area contributed by atoms with Crippen LogP contribution < -0.4 is 10.6 Å². The van der Waals surface area contributed by atoms with Gasteiger partial charge in [0.25, 0.3) is 0 Å². The summed E-state index contributed by atoms with van der Waals surface area (Å²) in [7, 11) is 0. The first-order valence-corrected chi connectivity index (χ1v) is 6.89. The first-order valence-electron chi connectivity index (χ1n) is 6.89. The summed E-state index contributed by atoms with van der Waals surface area (Å²) in [5.74, 6) is -0.923. The van der Waals surface area contributed by atoms with Crippen LogP contribution in [0.15, 0.2) is 0 Å². The predicted molar refractivity (Wildman–Crippen MR) is 73.8 cm³/mol. The number of nitrogens with one attached hydrogen (secondary N) is 2. The van der Waals surface area contributed by atoms with Gasteiger partial charge in [0.1, 0.15) is 0 Å². The van der Waals surface area contributed by atoms with Crippen LogP contribution in [0.3, 0.4) is 0 Å². The van der Waals surface area contributed by atoms with Crippen LogP contribution in [0.25, 0.3) is 0 Å². The van der Waals surface area contributed by atoms with E-state index in [1.807, 2.05) is 27.7 Å². The molecule has 2 unspecified atom stereocenters. The summed E-state index contributed by atoms with van der Waals surface area (Å²) < 4.78 is 0. The zero-order valence-electron chi connectivity index (χ0n) is 12.4. The fraction of sp³-hybridized carbons (Fsp3) is 0.857. The zero-order chi connectivity index (χ0) is 14.7. The Labute approximate surface area is 115 Å². The van der Waals surface area contributed by atoms with E-state index in [9.17, 15) is 9.59 Å². The molecule has 0 aliphatic carbocycles. The van der Waals surface area contributed by atoms with E-state index in [1.54, 1.807) is 0 Å². The Kier molecular flexibility index (Phi) is 4.96. The first kappa shape index (κ1) is 16.0. The van der Waals surface area contributed by atoms with E-state index in [-0.39, 0.29) is 23.8 Å². The Bertz CT molecular complexity index is 341. The van der Waals surface area contributed by atoms with E-state index >= 15 is 0 Å². The minimum atomic E-state index is -0.882. The fourth-order valence-corrected chi connectivity index (χ4v) is 2.33. The molecule has 1 saturated heterocycles. The molecule has 1 amide bonds. The Balaban J connectivity index is 2.72. The van der Waals surface area contributed by atoms with Gasteiger partial charge in [-0.1, -0.05) is 20.8 Å². The van der Waals surface area contributed by atoms with Gasteiger partial charge in [-0.2, -0.15) is 0 Å². The van der Waals surface area contributed by atoms with Gasteiger partial charge in [-0.25, -0.2) is 0 Å². The predicted octanol–water partition coefficient (Wildman–Crippen LogP) is 1.38. The highest BCUT2D eigenvalue weighted by atomic mass is 16.4. The molecule has 0 spiro atoms. The van der Waals surface area contributed by atoms with Crippen LogP contribution in [-0.4, -0.2) is 36.1 Å². The van der Waals surface area contributed by atoms with Crippen molar-refractivity contribution in [1.29, 1.82) is 0 Å². The Hall–Kier alpha value is -1.10. The SMILES string of the molecule is CC1(C(=O)NC(CC(=O)O)C(C)(C)C)CCCNC1. The monoisotopic (exact) mass is 270 g/mol. The second-order valence-electron chi connectivity index (χ2n) is 6.83. The van der Waals surface area contributed by atoms with E-state index in [2.05, 4.69) is 10.6 Å². The van der Waals surface area contributed by atoms with E-state index in [4.69, 9.17) is 5.11 Å². The van der Waals surface area contributed by atoms with Gasteiger partial charge < -0.3 is 15.7 Å². The number of piperidine rings is 1. The molecule has 1 aliphatic rings. The van der Waals surface area contributed by atoms with Crippen LogP contribution in [0.4, 0.5) is 0 Å². The summed E-state index contributed by atoms with van der Waals surface area (Å²) in [5, 5.41) is 15.1. The molecule has 0 aromatic carbocycles. The molecule has 0 bridgehead atoms. The number of hydrogen-bond acceptors (Lipinski definition) is 3. The summed E-state index contributed by atoms with van der Waals surface area (Å²) >= 11 is 0. The fourth-order valence-electron chi connectivity index (χ4n) is 2.33. The summed E-state index contributed by atoms with van der Waals surface area (Å²) in [4.78, 5) is 23.3. The maximum atomic E-state index is 12.4. The quantitative estimate of drug-likeness (QED) is 0.721. The molecule has 3 N–H and O–H groups in total. The molecule has 1 aliphatic heterocycles. The highest BCUT2D eigenvalue weighted by Crippen LogP contribution is 2.28. The normalized spacial score (nSPS) is 25.7. The number of carboxylic acid groups (broad SMARTS) is 1. The zero-order valence-corrected chi connectivity index (χ0v) is 12.4. The Morgan fingerprint density at radius 3 is 2.47 bits per heavy atom. The molecule has 0 saturated carbocycles. The molecule has 5 heteroatoms. The number of carbonyl (C=O) groups excluding carboxylic acids is 1. The van der Waals surface area contributed by atoms with Crippen molar-refractivity contribution in [2.45, 2.75) is 53.0 Å². The molecule has 19 heavy (non-hydrogen) atoms. The van der Waals surface area contributed by atoms with Crippen molar-refractivity contribution < 1.29 is 14.7 Å². The van der Waals surface area contributed by atoms with Crippen LogP contribution >= 0.6 is 0 Å². The third kappa shape index (κ3) is 4.49. The van der Waals surface area contributed by atoms with Crippen LogP contribution in [0.2, 0.25) is 0 Å². The number of hydrogen-bond donors (Lipinski definition) is 3. The summed E-state index contributed by atoms with van der Waals surface area (Å²) in [6.45, 7) is 9.38. The van der Waals surface area contributed by atoms with Crippen LogP contribution in [0.5, 0.6) is 0 Å². The van der Waals surface area contributed by atoms with Gasteiger partial charge in [0.15, 0.2) is 0 Å². The maximum absolute atomic E-state index is 12.4. The lowest BCUT2D eigenvalue weighted by Gasteiger charge is -2.37. The number of carbonyl (C=O) groups is 2. The van der Waals surface area contributed by atoms with Gasteiger partial charge in [0.2, 0.25) is 5.91 Å². The van der Waals surface area contributed by atoms with E-state index in [0.29, 0.717) is 6.54 Å². The van der Waals surface area contributed by atoms with Gasteiger partial charge in [0.05, 0.1) is 11.8 Å². The van der Waals surface area contributed by atoms with Gasteiger partial charge in [-0.05, 0) is 31.7 Å². The van der Waals surface area contributed by atoms with Crippen molar-refractivity contribution in [3.05, 3.63) is 0 Å². The molecular weight excluding hydrogens is 244 g/mol. The second-order valence-corrected chi connectivity index (χ2v) is 6.83. The molecule has 0 aromatic rings. The lowest BCUT2D eigenvalue weighted by atomic mass is 9.79. The highest BCUT2D eigenvalue weighted by Gasteiger charge is 2.38. The minimum Gasteiger partial charge on any atom is -0.481 e. The van der Waals surface area contributed by atoms with Crippen LogP contribution in [0, 0.1) is 10.8 Å². The third-order valence-corrected chi connectivity index (χ3v) is 3.87. The molecule has 110 valence electrons. The topological polar surface area (TPSA) is 78.4 Å². The third-order valence-electron chi connectivity index (χ3n) is 3.87. The number of carboxylic acids is 1. The largest absolute Gasteiger partial charge is 0.481 e. The van der Waals surface area contributed by atoms with Gasteiger partial charge in [-0.3, -0.25) is 9.59 Å².